The van der Waals surface area contributed by atoms with Crippen molar-refractivity contribution in [3.05, 3.63) is 18.7 Å². The number of esters is 1. The summed E-state index contributed by atoms with van der Waals surface area (Å²) in [5.74, 6) is -0.0173. The number of imidazole rings is 1. The fourth-order valence-corrected chi connectivity index (χ4v) is 3.85. The Bertz CT molecular complexity index is 473. The Morgan fingerprint density at radius 2 is 1.41 bits per heavy atom. The van der Waals surface area contributed by atoms with Crippen LogP contribution in [0.3, 0.4) is 0 Å². The highest BCUT2D eigenvalue weighted by Gasteiger charge is 2.10. The van der Waals surface area contributed by atoms with Crippen LogP contribution in [0.4, 0.5) is 0 Å². The molecular weight excluding hydrogens is 360 g/mol. The molecule has 0 spiro atoms. The molecule has 0 saturated carbocycles. The molecule has 1 heterocycles. The Kier molecular flexibility index (Phi) is 16.6. The van der Waals surface area contributed by atoms with E-state index in [1.807, 2.05) is 12.5 Å². The van der Waals surface area contributed by atoms with E-state index < -0.39 is 0 Å². The van der Waals surface area contributed by atoms with Gasteiger partial charge in [0.05, 0.1) is 12.9 Å². The summed E-state index contributed by atoms with van der Waals surface area (Å²) in [6.07, 6.45) is 26.6. The lowest BCUT2D eigenvalue weighted by Crippen LogP contribution is -2.07. The van der Waals surface area contributed by atoms with E-state index in [0.29, 0.717) is 19.1 Å². The van der Waals surface area contributed by atoms with E-state index >= 15 is 0 Å². The summed E-state index contributed by atoms with van der Waals surface area (Å²) in [5.41, 5.74) is 0. The van der Waals surface area contributed by atoms with Crippen molar-refractivity contribution in [1.82, 2.24) is 9.55 Å². The highest BCUT2D eigenvalue weighted by Crippen LogP contribution is 2.23. The maximum absolute atomic E-state index is 11.6. The standard InChI is InChI=1S/C25H46N2O2/c1-3-5-7-8-11-14-17-24(27-21-20-26-23-27)18-15-12-9-10-13-16-19-25(28)29-22-6-4-2/h20-21,23-24H,3-19,22H2,1-2H3. The molecule has 4 nitrogen and oxygen atoms in total. The van der Waals surface area contributed by atoms with Gasteiger partial charge in [-0.25, -0.2) is 4.98 Å². The summed E-state index contributed by atoms with van der Waals surface area (Å²) in [7, 11) is 0. The average molecular weight is 407 g/mol. The second kappa shape index (κ2) is 18.7. The van der Waals surface area contributed by atoms with E-state index in [9.17, 15) is 4.79 Å². The minimum Gasteiger partial charge on any atom is -0.466 e. The van der Waals surface area contributed by atoms with Gasteiger partial charge >= 0.3 is 5.97 Å². The summed E-state index contributed by atoms with van der Waals surface area (Å²) in [6, 6.07) is 0.613. The summed E-state index contributed by atoms with van der Waals surface area (Å²) in [5, 5.41) is 0. The Labute approximate surface area is 179 Å². The predicted octanol–water partition coefficient (Wildman–Crippen LogP) is 7.64. The molecule has 0 aromatic carbocycles. The second-order valence-corrected chi connectivity index (χ2v) is 8.45. The number of rotatable bonds is 20. The summed E-state index contributed by atoms with van der Waals surface area (Å²) >= 11 is 0. The third-order valence-electron chi connectivity index (χ3n) is 5.77. The molecule has 0 amide bonds. The fraction of sp³-hybridized carbons (Fsp3) is 0.840. The molecule has 1 rings (SSSR count). The molecule has 0 radical (unpaired) electrons. The fourth-order valence-electron chi connectivity index (χ4n) is 3.85. The van der Waals surface area contributed by atoms with Crippen molar-refractivity contribution in [2.45, 2.75) is 129 Å². The number of nitrogens with zero attached hydrogens (tertiary/aromatic N) is 2. The molecule has 0 saturated heterocycles. The van der Waals surface area contributed by atoms with Crippen molar-refractivity contribution in [3.63, 3.8) is 0 Å². The Morgan fingerprint density at radius 3 is 2.00 bits per heavy atom. The number of aromatic nitrogens is 2. The quantitative estimate of drug-likeness (QED) is 0.165. The van der Waals surface area contributed by atoms with Gasteiger partial charge in [-0.05, 0) is 25.7 Å². The maximum Gasteiger partial charge on any atom is 0.305 e. The Hall–Kier alpha value is -1.32. The molecule has 0 fully saturated rings. The zero-order valence-electron chi connectivity index (χ0n) is 19.2. The lowest BCUT2D eigenvalue weighted by atomic mass is 10.00. The van der Waals surface area contributed by atoms with Gasteiger partial charge < -0.3 is 9.30 Å². The van der Waals surface area contributed by atoms with Gasteiger partial charge in [0.25, 0.3) is 0 Å². The van der Waals surface area contributed by atoms with Crippen LogP contribution in [0.15, 0.2) is 18.7 Å². The first-order valence-corrected chi connectivity index (χ1v) is 12.4. The molecule has 1 unspecified atom stereocenters. The Morgan fingerprint density at radius 1 is 0.828 bits per heavy atom. The van der Waals surface area contributed by atoms with Crippen LogP contribution in [0.1, 0.15) is 129 Å². The van der Waals surface area contributed by atoms with Crippen LogP contribution in [0.25, 0.3) is 0 Å². The first kappa shape index (κ1) is 25.7. The van der Waals surface area contributed by atoms with Gasteiger partial charge in [0.1, 0.15) is 0 Å². The molecule has 1 aromatic heterocycles. The van der Waals surface area contributed by atoms with Crippen LogP contribution in [0.5, 0.6) is 0 Å². The third-order valence-corrected chi connectivity index (χ3v) is 5.77. The van der Waals surface area contributed by atoms with Crippen LogP contribution in [-0.2, 0) is 9.53 Å². The van der Waals surface area contributed by atoms with E-state index in [2.05, 4.69) is 29.6 Å². The van der Waals surface area contributed by atoms with E-state index in [0.717, 1.165) is 25.7 Å². The number of carbonyl (C=O) groups excluding carboxylic acids is 1. The van der Waals surface area contributed by atoms with Crippen molar-refractivity contribution >= 4 is 5.97 Å². The highest BCUT2D eigenvalue weighted by atomic mass is 16.5. The predicted molar refractivity (Wildman–Crippen MR) is 122 cm³/mol. The molecule has 168 valence electrons. The van der Waals surface area contributed by atoms with Crippen LogP contribution in [0, 0.1) is 0 Å². The Balaban J connectivity index is 2.05. The summed E-state index contributed by atoms with van der Waals surface area (Å²) < 4.78 is 7.52. The smallest absolute Gasteiger partial charge is 0.305 e. The summed E-state index contributed by atoms with van der Waals surface area (Å²) in [6.45, 7) is 4.98. The van der Waals surface area contributed by atoms with Crippen molar-refractivity contribution in [2.24, 2.45) is 0 Å². The molecule has 0 N–H and O–H groups in total. The molecule has 4 heteroatoms. The molecule has 0 aliphatic heterocycles. The second-order valence-electron chi connectivity index (χ2n) is 8.45. The first-order chi connectivity index (χ1) is 14.3. The van der Waals surface area contributed by atoms with Gasteiger partial charge in [0.2, 0.25) is 0 Å². The minimum absolute atomic E-state index is 0.0173. The minimum atomic E-state index is -0.0173. The maximum atomic E-state index is 11.6. The monoisotopic (exact) mass is 406 g/mol. The zero-order chi connectivity index (χ0) is 21.0. The van der Waals surface area contributed by atoms with Gasteiger partial charge in [-0.2, -0.15) is 0 Å². The van der Waals surface area contributed by atoms with Crippen LogP contribution in [0.2, 0.25) is 0 Å². The zero-order valence-corrected chi connectivity index (χ0v) is 19.2. The van der Waals surface area contributed by atoms with E-state index in [1.54, 1.807) is 0 Å². The van der Waals surface area contributed by atoms with Gasteiger partial charge in [0.15, 0.2) is 0 Å². The normalized spacial score (nSPS) is 12.2. The van der Waals surface area contributed by atoms with Gasteiger partial charge in [-0.15, -0.1) is 0 Å². The van der Waals surface area contributed by atoms with Gasteiger partial charge in [0, 0.05) is 24.9 Å². The van der Waals surface area contributed by atoms with Crippen molar-refractivity contribution in [1.29, 1.82) is 0 Å². The van der Waals surface area contributed by atoms with E-state index in [1.165, 1.54) is 77.0 Å². The summed E-state index contributed by atoms with van der Waals surface area (Å²) in [4.78, 5) is 15.8. The molecule has 1 aromatic rings. The topological polar surface area (TPSA) is 44.1 Å². The highest BCUT2D eigenvalue weighted by molar-refractivity contribution is 5.69. The van der Waals surface area contributed by atoms with Crippen molar-refractivity contribution < 1.29 is 9.53 Å². The lowest BCUT2D eigenvalue weighted by molar-refractivity contribution is -0.143. The number of hydrogen-bond donors (Lipinski definition) is 0. The van der Waals surface area contributed by atoms with Gasteiger partial charge in [-0.1, -0.05) is 90.9 Å². The van der Waals surface area contributed by atoms with Crippen molar-refractivity contribution in [3.8, 4) is 0 Å². The van der Waals surface area contributed by atoms with Crippen molar-refractivity contribution in [2.75, 3.05) is 6.61 Å². The number of hydrogen-bond acceptors (Lipinski definition) is 3. The van der Waals surface area contributed by atoms with Crippen LogP contribution < -0.4 is 0 Å². The third kappa shape index (κ3) is 14.3. The largest absolute Gasteiger partial charge is 0.466 e. The van der Waals surface area contributed by atoms with E-state index in [-0.39, 0.29) is 5.97 Å². The number of unbranched alkanes of at least 4 members (excludes halogenated alkanes) is 11. The SMILES string of the molecule is CCCCCCCCC(CCCCCCCCC(=O)OCCCC)n1ccnc1. The lowest BCUT2D eigenvalue weighted by Gasteiger charge is -2.18. The molecule has 29 heavy (non-hydrogen) atoms. The van der Waals surface area contributed by atoms with Gasteiger partial charge in [-0.3, -0.25) is 4.79 Å². The van der Waals surface area contributed by atoms with Crippen LogP contribution in [-0.4, -0.2) is 22.1 Å². The molecule has 1 atom stereocenters. The number of carbonyl (C=O) groups is 1. The average Bonchev–Trinajstić information content (AvgIpc) is 3.25. The van der Waals surface area contributed by atoms with E-state index in [4.69, 9.17) is 4.74 Å². The number of ether oxygens (including phenoxy) is 1. The van der Waals surface area contributed by atoms with Crippen LogP contribution >= 0.6 is 0 Å². The molecule has 0 aliphatic carbocycles. The molecule has 0 bridgehead atoms. The molecule has 0 aliphatic rings. The molecular formula is C25H46N2O2. The first-order valence-electron chi connectivity index (χ1n) is 12.4.